The monoisotopic (exact) mass is 357 g/mol. The molecule has 0 spiro atoms. The third-order valence-corrected chi connectivity index (χ3v) is 7.10. The molecule has 1 saturated heterocycles. The lowest BCUT2D eigenvalue weighted by molar-refractivity contribution is 0.0749. The highest BCUT2D eigenvalue weighted by molar-refractivity contribution is 8.00. The number of carbonyl (C=O) groups is 1. The Balaban J connectivity index is 1.98. The van der Waals surface area contributed by atoms with Crippen molar-refractivity contribution >= 4 is 49.3 Å². The van der Waals surface area contributed by atoms with Crippen LogP contribution < -0.4 is 0 Å². The number of pyridine rings is 1. The lowest BCUT2D eigenvalue weighted by Gasteiger charge is -2.34. The maximum atomic E-state index is 12.7. The summed E-state index contributed by atoms with van der Waals surface area (Å²) < 4.78 is 28.1. The van der Waals surface area contributed by atoms with E-state index in [1.54, 1.807) is 17.8 Å². The first kappa shape index (κ1) is 15.7. The van der Waals surface area contributed by atoms with Crippen molar-refractivity contribution in [1.29, 1.82) is 0 Å². The summed E-state index contributed by atoms with van der Waals surface area (Å²) in [4.78, 5) is 19.2. The van der Waals surface area contributed by atoms with E-state index in [0.717, 1.165) is 21.7 Å². The minimum Gasteiger partial charge on any atom is -0.320 e. The van der Waals surface area contributed by atoms with Gasteiger partial charge < -0.3 is 4.90 Å². The Morgan fingerprint density at radius 3 is 2.95 bits per heavy atom. The van der Waals surface area contributed by atoms with Crippen molar-refractivity contribution < 1.29 is 13.2 Å². The van der Waals surface area contributed by atoms with Gasteiger partial charge in [-0.1, -0.05) is 0 Å². The Morgan fingerprint density at radius 1 is 1.45 bits per heavy atom. The number of hydrogen-bond acceptors (Lipinski definition) is 7. The fourth-order valence-electron chi connectivity index (χ4n) is 2.40. The number of carbonyl (C=O) groups excluding carboxylic acids is 1. The van der Waals surface area contributed by atoms with Gasteiger partial charge in [0.05, 0.1) is 11.3 Å². The Labute approximate surface area is 137 Å². The number of rotatable bonds is 2. The number of aromatic nitrogens is 2. The summed E-state index contributed by atoms with van der Waals surface area (Å²) in [6.45, 7) is 2.30. The largest absolute Gasteiger partial charge is 0.320 e. The molecular formula is C13H15N3O3S3. The van der Waals surface area contributed by atoms with Crippen LogP contribution in [0.15, 0.2) is 12.3 Å². The van der Waals surface area contributed by atoms with Gasteiger partial charge in [0.15, 0.2) is 9.84 Å². The summed E-state index contributed by atoms with van der Waals surface area (Å²) in [5.41, 5.74) is 1.24. The maximum Gasteiger partial charge on any atom is 0.256 e. The molecule has 0 radical (unpaired) electrons. The van der Waals surface area contributed by atoms with Crippen LogP contribution in [0.25, 0.3) is 10.2 Å². The number of thioether (sulfide) groups is 1. The topological polar surface area (TPSA) is 80.2 Å². The van der Waals surface area contributed by atoms with Crippen LogP contribution in [-0.4, -0.2) is 58.3 Å². The number of fused-ring (bicyclic) bond motifs is 1. The molecule has 0 saturated carbocycles. The number of aryl methyl sites for hydroxylation is 1. The van der Waals surface area contributed by atoms with Gasteiger partial charge in [-0.15, -0.1) is 0 Å². The molecule has 1 aliphatic heterocycles. The van der Waals surface area contributed by atoms with Gasteiger partial charge in [-0.2, -0.15) is 16.1 Å². The molecule has 1 unspecified atom stereocenters. The summed E-state index contributed by atoms with van der Waals surface area (Å²) in [5, 5.41) is 0.0780. The van der Waals surface area contributed by atoms with E-state index in [9.17, 15) is 13.2 Å². The van der Waals surface area contributed by atoms with Crippen LogP contribution in [0.4, 0.5) is 0 Å². The zero-order valence-electron chi connectivity index (χ0n) is 12.1. The van der Waals surface area contributed by atoms with Crippen molar-refractivity contribution in [3.63, 3.8) is 0 Å². The van der Waals surface area contributed by atoms with E-state index in [4.69, 9.17) is 0 Å². The lowest BCUT2D eigenvalue weighted by Crippen LogP contribution is -2.49. The molecule has 9 heteroatoms. The Morgan fingerprint density at radius 2 is 2.23 bits per heavy atom. The van der Waals surface area contributed by atoms with Crippen LogP contribution in [0.2, 0.25) is 0 Å². The Hall–Kier alpha value is -1.19. The molecule has 0 aromatic carbocycles. The minimum absolute atomic E-state index is 0.282. The predicted molar refractivity (Wildman–Crippen MR) is 89.1 cm³/mol. The molecule has 6 nitrogen and oxygen atoms in total. The number of sulfone groups is 1. The smallest absolute Gasteiger partial charge is 0.256 e. The zero-order valence-corrected chi connectivity index (χ0v) is 14.6. The maximum absolute atomic E-state index is 12.7. The highest BCUT2D eigenvalue weighted by Gasteiger charge is 2.34. The Bertz CT molecular complexity index is 831. The third kappa shape index (κ3) is 2.84. The molecule has 0 bridgehead atoms. The fourth-order valence-corrected chi connectivity index (χ4v) is 5.94. The molecule has 1 atom stereocenters. The average molecular weight is 357 g/mol. The predicted octanol–water partition coefficient (Wildman–Crippen LogP) is 1.56. The highest BCUT2D eigenvalue weighted by atomic mass is 32.2. The van der Waals surface area contributed by atoms with E-state index < -0.39 is 15.2 Å². The van der Waals surface area contributed by atoms with Crippen LogP contribution >= 0.6 is 23.3 Å². The molecule has 0 aliphatic carbocycles. The van der Waals surface area contributed by atoms with Crippen molar-refractivity contribution in [2.45, 2.75) is 12.3 Å². The SMILES string of the molecule is Cc1nsc2ncc(C(=O)N3CCSCC3S(C)(=O)=O)cc12. The molecule has 2 aromatic heterocycles. The second-order valence-corrected chi connectivity index (χ2v) is 9.31. The molecule has 3 rings (SSSR count). The first-order valence-corrected chi connectivity index (χ1v) is 10.6. The second-order valence-electron chi connectivity index (χ2n) is 5.20. The minimum atomic E-state index is -3.31. The van der Waals surface area contributed by atoms with Crippen LogP contribution in [0, 0.1) is 6.92 Å². The first-order chi connectivity index (χ1) is 10.4. The van der Waals surface area contributed by atoms with Crippen LogP contribution in [-0.2, 0) is 9.84 Å². The summed E-state index contributed by atoms with van der Waals surface area (Å²) in [5.74, 6) is 0.877. The van der Waals surface area contributed by atoms with Gasteiger partial charge in [-0.05, 0) is 24.5 Å². The standard InChI is InChI=1S/C13H15N3O3S3/c1-8-10-5-9(6-14-12(10)21-15-8)13(17)16-3-4-20-7-11(16)22(2,18)19/h5-6,11H,3-4,7H2,1-2H3. The van der Waals surface area contributed by atoms with Gasteiger partial charge in [0.1, 0.15) is 10.2 Å². The molecule has 1 fully saturated rings. The third-order valence-electron chi connectivity index (χ3n) is 3.60. The van der Waals surface area contributed by atoms with E-state index in [-0.39, 0.29) is 5.91 Å². The number of nitrogens with zero attached hydrogens (tertiary/aromatic N) is 3. The van der Waals surface area contributed by atoms with Gasteiger partial charge in [0, 0.05) is 35.9 Å². The van der Waals surface area contributed by atoms with E-state index in [0.29, 0.717) is 17.9 Å². The van der Waals surface area contributed by atoms with Gasteiger partial charge in [0.2, 0.25) is 0 Å². The average Bonchev–Trinajstić information content (AvgIpc) is 2.86. The van der Waals surface area contributed by atoms with E-state index in [1.165, 1.54) is 28.9 Å². The molecule has 1 amide bonds. The molecule has 2 aromatic rings. The van der Waals surface area contributed by atoms with Crippen LogP contribution in [0.5, 0.6) is 0 Å². The van der Waals surface area contributed by atoms with Gasteiger partial charge in [-0.25, -0.2) is 13.4 Å². The molecule has 0 N–H and O–H groups in total. The summed E-state index contributed by atoms with van der Waals surface area (Å²) in [7, 11) is -3.31. The van der Waals surface area contributed by atoms with Gasteiger partial charge >= 0.3 is 0 Å². The van der Waals surface area contributed by atoms with E-state index in [1.807, 2.05) is 6.92 Å². The Kier molecular flexibility index (Phi) is 4.13. The number of amides is 1. The molecular weight excluding hydrogens is 342 g/mol. The summed E-state index contributed by atoms with van der Waals surface area (Å²) >= 11 is 2.85. The van der Waals surface area contributed by atoms with Gasteiger partial charge in [-0.3, -0.25) is 4.79 Å². The zero-order chi connectivity index (χ0) is 15.9. The molecule has 1 aliphatic rings. The molecule has 118 valence electrons. The van der Waals surface area contributed by atoms with E-state index >= 15 is 0 Å². The molecule has 3 heterocycles. The van der Waals surface area contributed by atoms with Crippen molar-refractivity contribution in [3.05, 3.63) is 23.5 Å². The van der Waals surface area contributed by atoms with Crippen LogP contribution in [0.1, 0.15) is 16.1 Å². The fraction of sp³-hybridized carbons (Fsp3) is 0.462. The van der Waals surface area contributed by atoms with Gasteiger partial charge in [0.25, 0.3) is 5.91 Å². The van der Waals surface area contributed by atoms with Crippen molar-refractivity contribution in [2.24, 2.45) is 0 Å². The normalized spacial score (nSPS) is 19.5. The van der Waals surface area contributed by atoms with Crippen molar-refractivity contribution in [3.8, 4) is 0 Å². The second kappa shape index (κ2) is 5.78. The first-order valence-electron chi connectivity index (χ1n) is 6.67. The quantitative estimate of drug-likeness (QED) is 0.811. The highest BCUT2D eigenvalue weighted by Crippen LogP contribution is 2.25. The number of hydrogen-bond donors (Lipinski definition) is 0. The lowest BCUT2D eigenvalue weighted by atomic mass is 10.2. The van der Waals surface area contributed by atoms with Crippen LogP contribution in [0.3, 0.4) is 0 Å². The summed E-state index contributed by atoms with van der Waals surface area (Å²) in [6, 6.07) is 1.75. The van der Waals surface area contributed by atoms with Crippen molar-refractivity contribution in [2.75, 3.05) is 24.3 Å². The summed E-state index contributed by atoms with van der Waals surface area (Å²) in [6.07, 6.45) is 2.68. The van der Waals surface area contributed by atoms with E-state index in [2.05, 4.69) is 9.36 Å². The van der Waals surface area contributed by atoms with Crippen molar-refractivity contribution in [1.82, 2.24) is 14.3 Å². The molecule has 22 heavy (non-hydrogen) atoms.